The van der Waals surface area contributed by atoms with E-state index in [1.807, 2.05) is 60.7 Å². The van der Waals surface area contributed by atoms with Gasteiger partial charge in [-0.25, -0.2) is 4.79 Å². The molecule has 0 saturated carbocycles. The van der Waals surface area contributed by atoms with Gasteiger partial charge in [-0.1, -0.05) is 84.9 Å². The van der Waals surface area contributed by atoms with Gasteiger partial charge in [0.2, 0.25) is 0 Å². The number of ether oxygens (including phenoxy) is 1. The number of hydrogen-bond acceptors (Lipinski definition) is 3. The third-order valence-electron chi connectivity index (χ3n) is 4.69. The summed E-state index contributed by atoms with van der Waals surface area (Å²) in [5.41, 5.74) is 3.64. The van der Waals surface area contributed by atoms with Crippen molar-refractivity contribution in [3.8, 4) is 11.1 Å². The topological polar surface area (TPSA) is 75.6 Å². The van der Waals surface area contributed by atoms with Gasteiger partial charge in [0.15, 0.2) is 6.10 Å². The second-order valence-electron chi connectivity index (χ2n) is 6.69. The van der Waals surface area contributed by atoms with Crippen LogP contribution in [0.5, 0.6) is 0 Å². The summed E-state index contributed by atoms with van der Waals surface area (Å²) >= 11 is 0. The van der Waals surface area contributed by atoms with Gasteiger partial charge >= 0.3 is 5.97 Å². The first-order chi connectivity index (χ1) is 14.1. The highest BCUT2D eigenvalue weighted by Gasteiger charge is 2.26. The van der Waals surface area contributed by atoms with Crippen molar-refractivity contribution in [3.63, 3.8) is 0 Å². The highest BCUT2D eigenvalue weighted by Crippen LogP contribution is 2.20. The molecular formula is C24H23NO4. The number of hydrogen-bond donors (Lipinski definition) is 2. The molecule has 5 nitrogen and oxygen atoms in total. The van der Waals surface area contributed by atoms with Crippen molar-refractivity contribution in [2.75, 3.05) is 7.11 Å². The van der Waals surface area contributed by atoms with Crippen LogP contribution in [0.3, 0.4) is 0 Å². The second-order valence-corrected chi connectivity index (χ2v) is 6.69. The Bertz CT molecular complexity index is 940. The molecule has 0 aliphatic carbocycles. The van der Waals surface area contributed by atoms with Gasteiger partial charge in [0.25, 0.3) is 5.91 Å². The molecule has 2 atom stereocenters. The van der Waals surface area contributed by atoms with Crippen molar-refractivity contribution in [2.24, 2.45) is 0 Å². The van der Waals surface area contributed by atoms with E-state index in [4.69, 9.17) is 4.74 Å². The summed E-state index contributed by atoms with van der Waals surface area (Å²) in [6.45, 7) is 0. The fraction of sp³-hybridized carbons (Fsp3) is 0.167. The molecule has 5 heteroatoms. The molecule has 0 fully saturated rings. The number of carboxylic acid groups (broad SMARTS) is 1. The Hall–Kier alpha value is -3.44. The standard InChI is InChI=1S/C24H23NO4/c1-29-22(20-10-6-3-7-11-20)23(26)25-21(24(27)28)16-17-12-14-19(15-13-17)18-8-4-2-5-9-18/h2-15,21-22H,16H2,1H3,(H,25,26)(H,27,28)/t21-,22+/m0/s1. The van der Waals surface area contributed by atoms with Crippen LogP contribution in [0.2, 0.25) is 0 Å². The molecule has 0 bridgehead atoms. The van der Waals surface area contributed by atoms with E-state index < -0.39 is 24.0 Å². The molecule has 3 aromatic carbocycles. The fourth-order valence-corrected chi connectivity index (χ4v) is 3.17. The van der Waals surface area contributed by atoms with E-state index in [0.29, 0.717) is 5.56 Å². The molecule has 3 rings (SSSR count). The van der Waals surface area contributed by atoms with E-state index in [1.165, 1.54) is 7.11 Å². The van der Waals surface area contributed by atoms with Crippen molar-refractivity contribution in [3.05, 3.63) is 96.1 Å². The third-order valence-corrected chi connectivity index (χ3v) is 4.69. The summed E-state index contributed by atoms with van der Waals surface area (Å²) in [7, 11) is 1.43. The number of benzene rings is 3. The Morgan fingerprint density at radius 1 is 0.862 bits per heavy atom. The Morgan fingerprint density at radius 3 is 1.97 bits per heavy atom. The molecule has 0 aromatic heterocycles. The van der Waals surface area contributed by atoms with E-state index in [1.54, 1.807) is 24.3 Å². The first-order valence-corrected chi connectivity index (χ1v) is 9.34. The molecule has 0 spiro atoms. The monoisotopic (exact) mass is 389 g/mol. The molecule has 0 saturated heterocycles. The predicted molar refractivity (Wildman–Crippen MR) is 111 cm³/mol. The fourth-order valence-electron chi connectivity index (χ4n) is 3.17. The van der Waals surface area contributed by atoms with Crippen LogP contribution >= 0.6 is 0 Å². The number of nitrogens with one attached hydrogen (secondary N) is 1. The Morgan fingerprint density at radius 2 is 1.41 bits per heavy atom. The smallest absolute Gasteiger partial charge is 0.326 e. The van der Waals surface area contributed by atoms with Gasteiger partial charge < -0.3 is 15.2 Å². The average Bonchev–Trinajstić information content (AvgIpc) is 2.75. The largest absolute Gasteiger partial charge is 0.480 e. The molecule has 0 heterocycles. The molecule has 0 unspecified atom stereocenters. The number of aliphatic carboxylic acids is 1. The molecule has 0 radical (unpaired) electrons. The number of methoxy groups -OCH3 is 1. The molecule has 1 amide bonds. The van der Waals surface area contributed by atoms with Crippen LogP contribution in [0, 0.1) is 0 Å². The van der Waals surface area contributed by atoms with Gasteiger partial charge in [-0.3, -0.25) is 4.79 Å². The Labute approximate surface area is 170 Å². The van der Waals surface area contributed by atoms with Crippen LogP contribution in [-0.4, -0.2) is 30.1 Å². The maximum Gasteiger partial charge on any atom is 0.326 e. The average molecular weight is 389 g/mol. The van der Waals surface area contributed by atoms with Crippen molar-refractivity contribution in [1.82, 2.24) is 5.32 Å². The van der Waals surface area contributed by atoms with Crippen LogP contribution in [0.15, 0.2) is 84.9 Å². The lowest BCUT2D eigenvalue weighted by Crippen LogP contribution is -2.44. The predicted octanol–water partition coefficient (Wildman–Crippen LogP) is 3.85. The van der Waals surface area contributed by atoms with E-state index in [2.05, 4.69) is 5.32 Å². The van der Waals surface area contributed by atoms with Gasteiger partial charge in [-0.2, -0.15) is 0 Å². The highest BCUT2D eigenvalue weighted by atomic mass is 16.5. The molecule has 0 aliphatic heterocycles. The van der Waals surface area contributed by atoms with Crippen LogP contribution in [0.4, 0.5) is 0 Å². The minimum Gasteiger partial charge on any atom is -0.480 e. The second kappa shape index (κ2) is 9.66. The Balaban J connectivity index is 1.70. The summed E-state index contributed by atoms with van der Waals surface area (Å²) < 4.78 is 5.29. The molecule has 3 aromatic rings. The zero-order valence-corrected chi connectivity index (χ0v) is 16.1. The minimum atomic E-state index is -1.09. The maximum absolute atomic E-state index is 12.6. The number of carbonyl (C=O) groups excluding carboxylic acids is 1. The van der Waals surface area contributed by atoms with Gasteiger partial charge in [-0.15, -0.1) is 0 Å². The lowest BCUT2D eigenvalue weighted by molar-refractivity contribution is -0.144. The molecular weight excluding hydrogens is 366 g/mol. The van der Waals surface area contributed by atoms with Crippen molar-refractivity contribution in [2.45, 2.75) is 18.6 Å². The summed E-state index contributed by atoms with van der Waals surface area (Å²) in [6.07, 6.45) is -0.681. The zero-order chi connectivity index (χ0) is 20.6. The van der Waals surface area contributed by atoms with E-state index in [9.17, 15) is 14.7 Å². The summed E-state index contributed by atoms with van der Waals surface area (Å²) in [6, 6.07) is 25.5. The first-order valence-electron chi connectivity index (χ1n) is 9.34. The summed E-state index contributed by atoms with van der Waals surface area (Å²) in [5.74, 6) is -1.57. The van der Waals surface area contributed by atoms with Crippen molar-refractivity contribution >= 4 is 11.9 Å². The van der Waals surface area contributed by atoms with Crippen LogP contribution in [0.25, 0.3) is 11.1 Å². The third kappa shape index (κ3) is 5.30. The lowest BCUT2D eigenvalue weighted by atomic mass is 10.0. The molecule has 2 N–H and O–H groups in total. The quantitative estimate of drug-likeness (QED) is 0.614. The molecule has 148 valence electrons. The van der Waals surface area contributed by atoms with E-state index in [0.717, 1.165) is 16.7 Å². The van der Waals surface area contributed by atoms with Gasteiger partial charge in [0.1, 0.15) is 6.04 Å². The summed E-state index contributed by atoms with van der Waals surface area (Å²) in [5, 5.41) is 12.2. The molecule has 0 aliphatic rings. The molecule has 29 heavy (non-hydrogen) atoms. The van der Waals surface area contributed by atoms with E-state index in [-0.39, 0.29) is 6.42 Å². The number of amides is 1. The van der Waals surface area contributed by atoms with Gasteiger partial charge in [0, 0.05) is 13.5 Å². The van der Waals surface area contributed by atoms with Crippen molar-refractivity contribution in [1.29, 1.82) is 0 Å². The van der Waals surface area contributed by atoms with Crippen LogP contribution in [-0.2, 0) is 20.7 Å². The number of rotatable bonds is 8. The number of carbonyl (C=O) groups is 2. The van der Waals surface area contributed by atoms with Crippen LogP contribution < -0.4 is 5.32 Å². The minimum absolute atomic E-state index is 0.182. The lowest BCUT2D eigenvalue weighted by Gasteiger charge is -2.20. The van der Waals surface area contributed by atoms with E-state index >= 15 is 0 Å². The maximum atomic E-state index is 12.6. The van der Waals surface area contributed by atoms with Gasteiger partial charge in [0.05, 0.1) is 0 Å². The Kier molecular flexibility index (Phi) is 6.76. The normalized spacial score (nSPS) is 12.7. The first kappa shape index (κ1) is 20.3. The highest BCUT2D eigenvalue weighted by molar-refractivity contribution is 5.87. The van der Waals surface area contributed by atoms with Crippen molar-refractivity contribution < 1.29 is 19.4 Å². The number of carboxylic acids is 1. The van der Waals surface area contributed by atoms with Crippen LogP contribution in [0.1, 0.15) is 17.2 Å². The SMILES string of the molecule is CO[C@@H](C(=O)N[C@@H](Cc1ccc(-c2ccccc2)cc1)C(=O)O)c1ccccc1. The van der Waals surface area contributed by atoms with Gasteiger partial charge in [-0.05, 0) is 22.3 Å². The zero-order valence-electron chi connectivity index (χ0n) is 16.1. The summed E-state index contributed by atoms with van der Waals surface area (Å²) in [4.78, 5) is 24.3.